The van der Waals surface area contributed by atoms with Crippen molar-refractivity contribution in [2.24, 2.45) is 11.5 Å². The quantitative estimate of drug-likeness (QED) is 0.324. The maximum Gasteiger partial charge on any atom is 0.326 e. The average Bonchev–Trinajstić information content (AvgIpc) is 2.23. The van der Waals surface area contributed by atoms with Crippen molar-refractivity contribution in [1.82, 2.24) is 5.32 Å². The van der Waals surface area contributed by atoms with E-state index in [0.717, 1.165) is 0 Å². The maximum atomic E-state index is 11.4. The zero-order valence-corrected chi connectivity index (χ0v) is 9.46. The lowest BCUT2D eigenvalue weighted by molar-refractivity contribution is -0.143. The first kappa shape index (κ1) is 15.8. The van der Waals surface area contributed by atoms with Gasteiger partial charge in [-0.05, 0) is 6.42 Å². The Balaban J connectivity index is 4.36. The number of carboxylic acid groups (broad SMARTS) is 2. The van der Waals surface area contributed by atoms with Crippen molar-refractivity contribution in [2.75, 3.05) is 0 Å². The summed E-state index contributed by atoms with van der Waals surface area (Å²) in [6.45, 7) is 0. The third-order valence-corrected chi connectivity index (χ3v) is 2.03. The molecule has 0 saturated heterocycles. The van der Waals surface area contributed by atoms with Gasteiger partial charge in [0, 0.05) is 6.42 Å². The van der Waals surface area contributed by atoms with Crippen molar-refractivity contribution >= 4 is 23.8 Å². The van der Waals surface area contributed by atoms with Gasteiger partial charge in [-0.25, -0.2) is 4.79 Å². The van der Waals surface area contributed by atoms with Gasteiger partial charge in [0.05, 0.1) is 12.5 Å². The lowest BCUT2D eigenvalue weighted by atomic mass is 10.1. The Morgan fingerprint density at radius 1 is 1.17 bits per heavy atom. The molecule has 0 bridgehead atoms. The second-order valence-electron chi connectivity index (χ2n) is 3.61. The van der Waals surface area contributed by atoms with Gasteiger partial charge in [0.25, 0.3) is 0 Å². The van der Waals surface area contributed by atoms with Crippen LogP contribution in [0.15, 0.2) is 0 Å². The van der Waals surface area contributed by atoms with Crippen LogP contribution in [-0.4, -0.2) is 46.0 Å². The fourth-order valence-electron chi connectivity index (χ4n) is 1.09. The molecule has 0 aromatic carbocycles. The molecule has 0 fully saturated rings. The van der Waals surface area contributed by atoms with Gasteiger partial charge in [0.2, 0.25) is 11.8 Å². The number of carbonyl (C=O) groups is 4. The molecule has 0 aromatic rings. The molecule has 7 N–H and O–H groups in total. The molecule has 0 aliphatic heterocycles. The highest BCUT2D eigenvalue weighted by Crippen LogP contribution is 1.98. The van der Waals surface area contributed by atoms with Gasteiger partial charge in [-0.15, -0.1) is 0 Å². The van der Waals surface area contributed by atoms with Crippen LogP contribution in [0.25, 0.3) is 0 Å². The molecule has 18 heavy (non-hydrogen) atoms. The summed E-state index contributed by atoms with van der Waals surface area (Å²) in [5.74, 6) is -4.27. The Morgan fingerprint density at radius 2 is 1.72 bits per heavy atom. The largest absolute Gasteiger partial charge is 0.481 e. The van der Waals surface area contributed by atoms with E-state index in [1.165, 1.54) is 0 Å². The summed E-state index contributed by atoms with van der Waals surface area (Å²) >= 11 is 0. The van der Waals surface area contributed by atoms with Gasteiger partial charge in [-0.1, -0.05) is 0 Å². The minimum atomic E-state index is -1.47. The van der Waals surface area contributed by atoms with E-state index in [1.807, 2.05) is 5.32 Å². The summed E-state index contributed by atoms with van der Waals surface area (Å²) in [5.41, 5.74) is 10.2. The van der Waals surface area contributed by atoms with E-state index in [9.17, 15) is 19.2 Å². The summed E-state index contributed by atoms with van der Waals surface area (Å²) < 4.78 is 0. The summed E-state index contributed by atoms with van der Waals surface area (Å²) in [5, 5.41) is 19.1. The fraction of sp³-hybridized carbons (Fsp3) is 0.556. The van der Waals surface area contributed by atoms with E-state index >= 15 is 0 Å². The Morgan fingerprint density at radius 3 is 2.11 bits per heavy atom. The molecular formula is C9H15N3O6. The molecule has 102 valence electrons. The molecule has 9 nitrogen and oxygen atoms in total. The second-order valence-corrected chi connectivity index (χ2v) is 3.61. The van der Waals surface area contributed by atoms with E-state index < -0.39 is 42.3 Å². The first-order valence-electron chi connectivity index (χ1n) is 5.03. The monoisotopic (exact) mass is 261 g/mol. The topological polar surface area (TPSA) is 173 Å². The SMILES string of the molecule is NC(=O)C[C@@H](NC(=O)[C@@H](N)CCC(=O)O)C(=O)O. The van der Waals surface area contributed by atoms with Crippen molar-refractivity contribution in [3.63, 3.8) is 0 Å². The first-order valence-corrected chi connectivity index (χ1v) is 5.03. The van der Waals surface area contributed by atoms with Gasteiger partial charge >= 0.3 is 11.9 Å². The minimum absolute atomic E-state index is 0.135. The number of carbonyl (C=O) groups excluding carboxylic acids is 2. The molecule has 0 unspecified atom stereocenters. The summed E-state index contributed by atoms with van der Waals surface area (Å²) in [6.07, 6.45) is -1.01. The molecule has 0 aliphatic carbocycles. The van der Waals surface area contributed by atoms with Crippen LogP contribution in [0.5, 0.6) is 0 Å². The number of nitrogens with one attached hydrogen (secondary N) is 1. The number of hydrogen-bond donors (Lipinski definition) is 5. The predicted molar refractivity (Wildman–Crippen MR) is 58.2 cm³/mol. The van der Waals surface area contributed by atoms with Gasteiger partial charge < -0.3 is 27.0 Å². The first-order chi connectivity index (χ1) is 8.23. The van der Waals surface area contributed by atoms with E-state index in [4.69, 9.17) is 21.7 Å². The molecular weight excluding hydrogens is 246 g/mol. The molecule has 2 amide bonds. The molecule has 0 heterocycles. The van der Waals surface area contributed by atoms with Crippen LogP contribution < -0.4 is 16.8 Å². The van der Waals surface area contributed by atoms with E-state index in [2.05, 4.69) is 0 Å². The van der Waals surface area contributed by atoms with Crippen LogP contribution in [0.1, 0.15) is 19.3 Å². The van der Waals surface area contributed by atoms with Gasteiger partial charge in [0.15, 0.2) is 0 Å². The number of rotatable bonds is 8. The van der Waals surface area contributed by atoms with Crippen LogP contribution in [0.4, 0.5) is 0 Å². The van der Waals surface area contributed by atoms with Crippen LogP contribution >= 0.6 is 0 Å². The third-order valence-electron chi connectivity index (χ3n) is 2.03. The molecule has 9 heteroatoms. The Labute approximate surface area is 102 Å². The number of nitrogens with two attached hydrogens (primary N) is 2. The Kier molecular flexibility index (Phi) is 6.35. The van der Waals surface area contributed by atoms with Crippen molar-refractivity contribution in [3.05, 3.63) is 0 Å². The molecule has 0 aromatic heterocycles. The number of hydrogen-bond acceptors (Lipinski definition) is 5. The second kappa shape index (κ2) is 7.22. The van der Waals surface area contributed by atoms with Crippen molar-refractivity contribution in [2.45, 2.75) is 31.3 Å². The lowest BCUT2D eigenvalue weighted by Crippen LogP contribution is -2.49. The maximum absolute atomic E-state index is 11.4. The van der Waals surface area contributed by atoms with E-state index in [1.54, 1.807) is 0 Å². The van der Waals surface area contributed by atoms with E-state index in [-0.39, 0.29) is 12.8 Å². The van der Waals surface area contributed by atoms with Crippen molar-refractivity contribution < 1.29 is 29.4 Å². The normalized spacial score (nSPS) is 13.4. The molecule has 0 saturated carbocycles. The number of carboxylic acids is 2. The minimum Gasteiger partial charge on any atom is -0.481 e. The number of primary amides is 1. The zero-order valence-electron chi connectivity index (χ0n) is 9.46. The van der Waals surface area contributed by atoms with Gasteiger partial charge in [-0.2, -0.15) is 0 Å². The fourth-order valence-corrected chi connectivity index (χ4v) is 1.09. The van der Waals surface area contributed by atoms with Crippen molar-refractivity contribution in [1.29, 1.82) is 0 Å². The highest BCUT2D eigenvalue weighted by atomic mass is 16.4. The Hall–Kier alpha value is -2.16. The average molecular weight is 261 g/mol. The number of aliphatic carboxylic acids is 2. The van der Waals surface area contributed by atoms with Crippen molar-refractivity contribution in [3.8, 4) is 0 Å². The summed E-state index contributed by atoms with van der Waals surface area (Å²) in [7, 11) is 0. The predicted octanol–water partition coefficient (Wildman–Crippen LogP) is -2.38. The van der Waals surface area contributed by atoms with Gasteiger partial charge in [-0.3, -0.25) is 14.4 Å². The Bertz CT molecular complexity index is 356. The van der Waals surface area contributed by atoms with Crippen LogP contribution in [0.3, 0.4) is 0 Å². The highest BCUT2D eigenvalue weighted by Gasteiger charge is 2.24. The third kappa shape index (κ3) is 6.43. The standard InChI is InChI=1S/C9H15N3O6/c10-4(1-2-7(14)15)8(16)12-5(9(17)18)3-6(11)13/h4-5H,1-3,10H2,(H2,11,13)(H,12,16)(H,14,15)(H,17,18)/t4-,5+/m0/s1. The lowest BCUT2D eigenvalue weighted by Gasteiger charge is -2.16. The molecule has 0 rings (SSSR count). The van der Waals surface area contributed by atoms with Crippen LogP contribution in [-0.2, 0) is 19.2 Å². The number of amides is 2. The highest BCUT2D eigenvalue weighted by molar-refractivity contribution is 5.90. The zero-order chi connectivity index (χ0) is 14.3. The van der Waals surface area contributed by atoms with E-state index in [0.29, 0.717) is 0 Å². The summed E-state index contributed by atoms with van der Waals surface area (Å²) in [6, 6.07) is -2.62. The van der Waals surface area contributed by atoms with Crippen LogP contribution in [0, 0.1) is 0 Å². The molecule has 0 spiro atoms. The summed E-state index contributed by atoms with van der Waals surface area (Å²) in [4.78, 5) is 42.9. The smallest absolute Gasteiger partial charge is 0.326 e. The van der Waals surface area contributed by atoms with Crippen LogP contribution in [0.2, 0.25) is 0 Å². The molecule has 0 radical (unpaired) electrons. The van der Waals surface area contributed by atoms with Gasteiger partial charge in [0.1, 0.15) is 6.04 Å². The molecule has 2 atom stereocenters. The molecule has 0 aliphatic rings.